The lowest BCUT2D eigenvalue weighted by Crippen LogP contribution is -2.40. The summed E-state index contributed by atoms with van der Waals surface area (Å²) in [5, 5.41) is 10.3. The number of nitrogens with zero attached hydrogens (tertiary/aromatic N) is 6. The van der Waals surface area contributed by atoms with Gasteiger partial charge in [-0.2, -0.15) is 0 Å². The van der Waals surface area contributed by atoms with Crippen LogP contribution < -0.4 is 4.74 Å². The van der Waals surface area contributed by atoms with Gasteiger partial charge in [0.05, 0.1) is 35.2 Å². The van der Waals surface area contributed by atoms with E-state index in [9.17, 15) is 9.90 Å². The number of aliphatic hydroxyl groups excluding tert-OH is 1. The number of pyridine rings is 1. The van der Waals surface area contributed by atoms with Crippen LogP contribution in [0.1, 0.15) is 24.7 Å². The highest BCUT2D eigenvalue weighted by Crippen LogP contribution is 2.38. The molecule has 0 saturated carbocycles. The van der Waals surface area contributed by atoms with E-state index in [4.69, 9.17) is 26.1 Å². The van der Waals surface area contributed by atoms with E-state index in [0.29, 0.717) is 78.1 Å². The normalized spacial score (nSPS) is 16.5. The molecule has 10 nitrogen and oxygen atoms in total. The number of aliphatic hydroxyl groups is 1. The lowest BCUT2D eigenvalue weighted by molar-refractivity contribution is -0.135. The molecule has 4 heterocycles. The van der Waals surface area contributed by atoms with Crippen molar-refractivity contribution < 1.29 is 23.8 Å². The van der Waals surface area contributed by atoms with Crippen molar-refractivity contribution >= 4 is 45.8 Å². The summed E-state index contributed by atoms with van der Waals surface area (Å²) in [5.41, 5.74) is 2.93. The number of aliphatic imine (C=N–C) groups is 1. The molecule has 6 rings (SSSR count). The lowest BCUT2D eigenvalue weighted by Gasteiger charge is -2.33. The molecular formula is C30H30ClFN6O4. The Morgan fingerprint density at radius 3 is 2.76 bits per heavy atom. The Kier molecular flexibility index (Phi) is 7.80. The highest BCUT2D eigenvalue weighted by Gasteiger charge is 2.27. The fraction of sp³-hybridized carbons (Fsp3) is 0.333. The number of hydrogen-bond donors (Lipinski definition) is 1. The van der Waals surface area contributed by atoms with Crippen molar-refractivity contribution in [3.8, 4) is 16.9 Å². The molecule has 4 aromatic rings. The zero-order chi connectivity index (χ0) is 29.4. The van der Waals surface area contributed by atoms with Gasteiger partial charge in [-0.05, 0) is 38.0 Å². The van der Waals surface area contributed by atoms with E-state index in [1.807, 2.05) is 14.0 Å². The van der Waals surface area contributed by atoms with Gasteiger partial charge in [-0.15, -0.1) is 0 Å². The minimum absolute atomic E-state index is 0.0901. The standard InChI is InChI=1S/C30H30ClFN6O4/c1-18-35-27-14-33-26-13-25(32)22(12-23(26)30(27)38(18)19-5-8-37(9-6-19)29(40)15-39)21-4-3-20(11-24(21)31)42-28-7-10-41-17-36(2)16-34-28/h3-4,7,11-14,16,19,39H,5-6,8-10,15,17H2,1-2H3. The second kappa shape index (κ2) is 11.7. The van der Waals surface area contributed by atoms with Crippen LogP contribution in [-0.4, -0.2) is 81.8 Å². The number of hydrogen-bond acceptors (Lipinski definition) is 8. The molecule has 1 saturated heterocycles. The number of piperidine rings is 1. The van der Waals surface area contributed by atoms with Gasteiger partial charge in [0.15, 0.2) is 0 Å². The van der Waals surface area contributed by atoms with Gasteiger partial charge < -0.3 is 28.9 Å². The second-order valence-electron chi connectivity index (χ2n) is 10.4. The maximum atomic E-state index is 15.5. The Balaban J connectivity index is 1.36. The number of ether oxygens (including phenoxy) is 2. The minimum Gasteiger partial charge on any atom is -0.439 e. The van der Waals surface area contributed by atoms with Crippen LogP contribution in [0.2, 0.25) is 5.02 Å². The molecule has 42 heavy (non-hydrogen) atoms. The van der Waals surface area contributed by atoms with Crippen molar-refractivity contribution in [2.24, 2.45) is 4.99 Å². The third-order valence-electron chi connectivity index (χ3n) is 7.60. The van der Waals surface area contributed by atoms with Gasteiger partial charge >= 0.3 is 0 Å². The number of rotatable bonds is 5. The number of fused-ring (bicyclic) bond motifs is 3. The van der Waals surface area contributed by atoms with Gasteiger partial charge in [0, 0.05) is 60.9 Å². The molecule has 218 valence electrons. The van der Waals surface area contributed by atoms with Gasteiger partial charge in [-0.1, -0.05) is 11.6 Å². The summed E-state index contributed by atoms with van der Waals surface area (Å²) in [5.74, 6) is 0.932. The largest absolute Gasteiger partial charge is 0.439 e. The quantitative estimate of drug-likeness (QED) is 0.359. The summed E-state index contributed by atoms with van der Waals surface area (Å²) in [6, 6.07) is 8.37. The maximum absolute atomic E-state index is 15.5. The summed E-state index contributed by atoms with van der Waals surface area (Å²) in [6.45, 7) is 3.32. The van der Waals surface area contributed by atoms with Gasteiger partial charge in [-0.3, -0.25) is 9.78 Å². The van der Waals surface area contributed by atoms with Crippen molar-refractivity contribution in [2.75, 3.05) is 40.1 Å². The molecule has 0 bridgehead atoms. The van der Waals surface area contributed by atoms with E-state index in [1.54, 1.807) is 52.7 Å². The molecule has 1 fully saturated rings. The first-order chi connectivity index (χ1) is 20.3. The third kappa shape index (κ3) is 5.42. The van der Waals surface area contributed by atoms with Crippen LogP contribution in [0.25, 0.3) is 33.1 Å². The Bertz CT molecular complexity index is 1730. The van der Waals surface area contributed by atoms with E-state index in [1.165, 1.54) is 6.07 Å². The lowest BCUT2D eigenvalue weighted by atomic mass is 10.0. The first kappa shape index (κ1) is 28.1. The fourth-order valence-corrected chi connectivity index (χ4v) is 5.85. The summed E-state index contributed by atoms with van der Waals surface area (Å²) in [4.78, 5) is 29.0. The monoisotopic (exact) mass is 592 g/mol. The molecule has 2 aliphatic rings. The van der Waals surface area contributed by atoms with Crippen LogP contribution in [-0.2, 0) is 9.53 Å². The molecule has 1 amide bonds. The zero-order valence-corrected chi connectivity index (χ0v) is 24.0. The van der Waals surface area contributed by atoms with Crippen LogP contribution in [0.15, 0.2) is 53.5 Å². The number of carbonyl (C=O) groups is 1. The first-order valence-electron chi connectivity index (χ1n) is 13.7. The van der Waals surface area contributed by atoms with Crippen molar-refractivity contribution in [2.45, 2.75) is 25.8 Å². The Morgan fingerprint density at radius 1 is 1.19 bits per heavy atom. The molecule has 2 aromatic carbocycles. The third-order valence-corrected chi connectivity index (χ3v) is 7.92. The van der Waals surface area contributed by atoms with Crippen molar-refractivity contribution in [1.29, 1.82) is 0 Å². The molecule has 1 N–H and O–H groups in total. The van der Waals surface area contributed by atoms with Crippen LogP contribution >= 0.6 is 11.6 Å². The molecule has 0 aliphatic carbocycles. The van der Waals surface area contributed by atoms with Gasteiger partial charge in [-0.25, -0.2) is 14.4 Å². The second-order valence-corrected chi connectivity index (χ2v) is 10.8. The maximum Gasteiger partial charge on any atom is 0.248 e. The van der Waals surface area contributed by atoms with Crippen molar-refractivity contribution in [3.05, 3.63) is 65.2 Å². The summed E-state index contributed by atoms with van der Waals surface area (Å²) < 4.78 is 29.1. The van der Waals surface area contributed by atoms with Crippen LogP contribution in [0.5, 0.6) is 5.75 Å². The smallest absolute Gasteiger partial charge is 0.248 e. The van der Waals surface area contributed by atoms with Gasteiger partial charge in [0.2, 0.25) is 11.8 Å². The van der Waals surface area contributed by atoms with Gasteiger partial charge in [0.1, 0.15) is 36.2 Å². The minimum atomic E-state index is -0.490. The molecule has 0 spiro atoms. The summed E-state index contributed by atoms with van der Waals surface area (Å²) >= 11 is 6.69. The molecule has 0 radical (unpaired) electrons. The Hall–Kier alpha value is -4.06. The number of amides is 1. The van der Waals surface area contributed by atoms with E-state index in [0.717, 1.165) is 16.7 Å². The predicted octanol–water partition coefficient (Wildman–Crippen LogP) is 4.68. The van der Waals surface area contributed by atoms with Crippen molar-refractivity contribution in [1.82, 2.24) is 24.3 Å². The number of halogens is 2. The first-order valence-corrected chi connectivity index (χ1v) is 14.1. The van der Waals surface area contributed by atoms with Crippen LogP contribution in [0.3, 0.4) is 0 Å². The van der Waals surface area contributed by atoms with E-state index < -0.39 is 12.4 Å². The predicted molar refractivity (Wildman–Crippen MR) is 158 cm³/mol. The number of benzene rings is 2. The highest BCUT2D eigenvalue weighted by molar-refractivity contribution is 6.33. The van der Waals surface area contributed by atoms with Gasteiger partial charge in [0.25, 0.3) is 0 Å². The zero-order valence-electron chi connectivity index (χ0n) is 23.3. The summed E-state index contributed by atoms with van der Waals surface area (Å²) in [6.07, 6.45) is 6.44. The average Bonchev–Trinajstić information content (AvgIpc) is 3.32. The number of imidazole rings is 1. The van der Waals surface area contributed by atoms with E-state index in [-0.39, 0.29) is 11.9 Å². The highest BCUT2D eigenvalue weighted by atomic mass is 35.5. The number of carbonyl (C=O) groups excluding carboxylic acids is 1. The molecule has 2 aliphatic heterocycles. The SMILES string of the molecule is Cc1nc2cnc3cc(F)c(-c4ccc(OC5=CCOCN(C)C=N5)cc4Cl)cc3c2n1C1CCN(C(=O)CO)CC1. The van der Waals surface area contributed by atoms with Crippen molar-refractivity contribution in [3.63, 3.8) is 0 Å². The van der Waals surface area contributed by atoms with Crippen LogP contribution in [0, 0.1) is 12.7 Å². The molecule has 0 unspecified atom stereocenters. The van der Waals surface area contributed by atoms with Crippen LogP contribution in [0.4, 0.5) is 4.39 Å². The molecule has 12 heteroatoms. The Morgan fingerprint density at radius 2 is 2.00 bits per heavy atom. The number of likely N-dealkylation sites (tertiary alicyclic amines) is 1. The van der Waals surface area contributed by atoms with E-state index in [2.05, 4.69) is 14.5 Å². The number of aryl methyl sites for hydroxylation is 1. The molecule has 0 atom stereocenters. The number of aromatic nitrogens is 3. The molecular weight excluding hydrogens is 563 g/mol. The summed E-state index contributed by atoms with van der Waals surface area (Å²) in [7, 11) is 1.85. The molecule has 2 aromatic heterocycles. The van der Waals surface area contributed by atoms with E-state index >= 15 is 4.39 Å². The average molecular weight is 593 g/mol. The Labute approximate surface area is 246 Å². The topological polar surface area (TPSA) is 105 Å². The fourth-order valence-electron chi connectivity index (χ4n) is 5.58.